The van der Waals surface area contributed by atoms with Crippen molar-refractivity contribution in [2.24, 2.45) is 0 Å². The number of methoxy groups -OCH3 is 1. The first-order valence-corrected chi connectivity index (χ1v) is 11.4. The molecule has 2 heterocycles. The maximum atomic E-state index is 13.0. The lowest BCUT2D eigenvalue weighted by Gasteiger charge is -2.48. The van der Waals surface area contributed by atoms with E-state index in [0.717, 1.165) is 44.0 Å². The van der Waals surface area contributed by atoms with Crippen molar-refractivity contribution in [2.75, 3.05) is 51.7 Å². The van der Waals surface area contributed by atoms with Crippen molar-refractivity contribution in [3.05, 3.63) is 59.2 Å². The number of ether oxygens (including phenoxy) is 1. The minimum absolute atomic E-state index is 0.0306. The van der Waals surface area contributed by atoms with Gasteiger partial charge in [-0.15, -0.1) is 0 Å². The van der Waals surface area contributed by atoms with Crippen molar-refractivity contribution in [1.29, 1.82) is 0 Å². The fourth-order valence-electron chi connectivity index (χ4n) is 4.44. The zero-order valence-electron chi connectivity index (χ0n) is 19.5. The van der Waals surface area contributed by atoms with Gasteiger partial charge in [0.1, 0.15) is 5.75 Å². The molecule has 0 spiro atoms. The topological polar surface area (TPSA) is 48.1 Å². The number of piperazine rings is 1. The van der Waals surface area contributed by atoms with Crippen molar-refractivity contribution in [1.82, 2.24) is 14.7 Å². The number of amides is 2. The van der Waals surface area contributed by atoms with Crippen LogP contribution < -0.4 is 10.1 Å². The first kappa shape index (κ1) is 26.1. The van der Waals surface area contributed by atoms with Crippen molar-refractivity contribution in [3.8, 4) is 5.75 Å². The smallest absolute Gasteiger partial charge is 0.416 e. The van der Waals surface area contributed by atoms with Gasteiger partial charge in [0.2, 0.25) is 0 Å². The van der Waals surface area contributed by atoms with E-state index in [2.05, 4.69) is 15.1 Å². The van der Waals surface area contributed by atoms with Crippen LogP contribution in [0.25, 0.3) is 0 Å². The number of rotatable bonds is 5. The highest BCUT2D eigenvalue weighted by Crippen LogP contribution is 2.37. The Kier molecular flexibility index (Phi) is 7.37. The first-order chi connectivity index (χ1) is 16.9. The van der Waals surface area contributed by atoms with Crippen LogP contribution in [-0.4, -0.2) is 73.2 Å². The predicted molar refractivity (Wildman–Crippen MR) is 121 cm³/mol. The van der Waals surface area contributed by atoms with Crippen LogP contribution in [0.3, 0.4) is 0 Å². The monoisotopic (exact) mass is 516 g/mol. The number of nitrogens with one attached hydrogen (secondary N) is 1. The highest BCUT2D eigenvalue weighted by molar-refractivity contribution is 5.90. The first-order valence-electron chi connectivity index (χ1n) is 11.4. The lowest BCUT2D eigenvalue weighted by Crippen LogP contribution is -2.64. The molecule has 0 aromatic heterocycles. The molecule has 2 aliphatic heterocycles. The lowest BCUT2D eigenvalue weighted by atomic mass is 10.1. The lowest BCUT2D eigenvalue weighted by molar-refractivity contribution is -0.143. The van der Waals surface area contributed by atoms with E-state index in [9.17, 15) is 31.1 Å². The Morgan fingerprint density at radius 1 is 0.944 bits per heavy atom. The second-order valence-corrected chi connectivity index (χ2v) is 8.91. The van der Waals surface area contributed by atoms with Gasteiger partial charge in [-0.05, 0) is 24.3 Å². The van der Waals surface area contributed by atoms with Gasteiger partial charge in [0.05, 0.1) is 18.2 Å². The van der Waals surface area contributed by atoms with Crippen LogP contribution in [0.15, 0.2) is 42.5 Å². The minimum Gasteiger partial charge on any atom is -0.496 e. The number of carbonyl (C=O) groups excluding carboxylic acids is 1. The summed E-state index contributed by atoms with van der Waals surface area (Å²) in [4.78, 5) is 18.4. The quantitative estimate of drug-likeness (QED) is 0.582. The van der Waals surface area contributed by atoms with Crippen LogP contribution in [0.5, 0.6) is 5.75 Å². The zero-order chi connectivity index (χ0) is 26.1. The molecule has 2 aromatic carbocycles. The summed E-state index contributed by atoms with van der Waals surface area (Å²) in [5.41, 5.74) is -2.39. The number of para-hydroxylation sites is 1. The molecule has 36 heavy (non-hydrogen) atoms. The summed E-state index contributed by atoms with van der Waals surface area (Å²) < 4.78 is 83.7. The molecule has 1 N–H and O–H groups in total. The Balaban J connectivity index is 1.29. The fourth-order valence-corrected chi connectivity index (χ4v) is 4.44. The highest BCUT2D eigenvalue weighted by Gasteiger charge is 2.39. The van der Waals surface area contributed by atoms with E-state index in [1.54, 1.807) is 7.11 Å². The molecule has 0 unspecified atom stereocenters. The van der Waals surface area contributed by atoms with Crippen LogP contribution in [-0.2, 0) is 18.9 Å². The summed E-state index contributed by atoms with van der Waals surface area (Å²) in [7, 11) is 1.64. The third kappa shape index (κ3) is 6.04. The van der Waals surface area contributed by atoms with E-state index in [1.807, 2.05) is 24.3 Å². The van der Waals surface area contributed by atoms with Gasteiger partial charge in [-0.25, -0.2) is 4.79 Å². The van der Waals surface area contributed by atoms with Gasteiger partial charge in [0, 0.05) is 63.1 Å². The highest BCUT2D eigenvalue weighted by atomic mass is 19.4. The number of hydrogen-bond acceptors (Lipinski definition) is 4. The Labute approximate surface area is 204 Å². The third-order valence-electron chi connectivity index (χ3n) is 6.50. The molecule has 2 amide bonds. The minimum atomic E-state index is -4.98. The molecule has 4 rings (SSSR count). The van der Waals surface area contributed by atoms with E-state index >= 15 is 0 Å². The SMILES string of the molecule is COc1ccccc1CN1CCN(C2CN(C(=O)Nc3cc(C(F)(F)F)cc(C(F)(F)F)c3)C2)CC1. The van der Waals surface area contributed by atoms with Crippen LogP contribution >= 0.6 is 0 Å². The van der Waals surface area contributed by atoms with Gasteiger partial charge in [-0.1, -0.05) is 18.2 Å². The Morgan fingerprint density at radius 2 is 1.53 bits per heavy atom. The van der Waals surface area contributed by atoms with E-state index < -0.39 is 35.2 Å². The Morgan fingerprint density at radius 3 is 2.08 bits per heavy atom. The standard InChI is InChI=1S/C24H26F6N4O2/c1-36-21-5-3-2-4-16(21)13-32-6-8-33(9-7-32)20-14-34(15-20)22(35)31-19-11-17(23(25,26)27)10-18(12-19)24(28,29)30/h2-5,10-12,20H,6-9,13-15H2,1H3,(H,31,35). The van der Waals surface area contributed by atoms with Gasteiger partial charge in [-0.2, -0.15) is 26.3 Å². The number of halogens is 6. The van der Waals surface area contributed by atoms with Crippen LogP contribution in [0, 0.1) is 0 Å². The number of carbonyl (C=O) groups is 1. The fraction of sp³-hybridized carbons (Fsp3) is 0.458. The van der Waals surface area contributed by atoms with Gasteiger partial charge in [0.25, 0.3) is 0 Å². The summed E-state index contributed by atoms with van der Waals surface area (Å²) in [5.74, 6) is 0.837. The van der Waals surface area contributed by atoms with Crippen molar-refractivity contribution >= 4 is 11.7 Å². The number of hydrogen-bond donors (Lipinski definition) is 1. The predicted octanol–water partition coefficient (Wildman–Crippen LogP) is 4.77. The zero-order valence-corrected chi connectivity index (χ0v) is 19.5. The normalized spacial score (nSPS) is 18.1. The molecule has 2 aliphatic rings. The Bertz CT molecular complexity index is 1040. The number of likely N-dealkylation sites (tertiary alicyclic amines) is 1. The molecule has 196 valence electrons. The van der Waals surface area contributed by atoms with Gasteiger partial charge < -0.3 is 15.0 Å². The van der Waals surface area contributed by atoms with Crippen LogP contribution in [0.2, 0.25) is 0 Å². The summed E-state index contributed by atoms with van der Waals surface area (Å²) in [6.07, 6.45) is -9.95. The molecule has 0 atom stereocenters. The average molecular weight is 516 g/mol. The summed E-state index contributed by atoms with van der Waals surface area (Å²) in [5, 5.41) is 2.19. The van der Waals surface area contributed by atoms with Crippen LogP contribution in [0.4, 0.5) is 36.8 Å². The number of nitrogens with zero attached hydrogens (tertiary/aromatic N) is 3. The van der Waals surface area contributed by atoms with E-state index in [-0.39, 0.29) is 12.1 Å². The molecular weight excluding hydrogens is 490 g/mol. The molecular formula is C24H26F6N4O2. The van der Waals surface area contributed by atoms with Gasteiger partial charge >= 0.3 is 18.4 Å². The van der Waals surface area contributed by atoms with Gasteiger partial charge in [-0.3, -0.25) is 9.80 Å². The summed E-state index contributed by atoms with van der Waals surface area (Å²) >= 11 is 0. The maximum Gasteiger partial charge on any atom is 0.416 e. The van der Waals surface area contributed by atoms with Crippen molar-refractivity contribution in [2.45, 2.75) is 24.9 Å². The third-order valence-corrected chi connectivity index (χ3v) is 6.50. The number of anilines is 1. The maximum absolute atomic E-state index is 13.0. The molecule has 0 radical (unpaired) electrons. The largest absolute Gasteiger partial charge is 0.496 e. The van der Waals surface area contributed by atoms with E-state index in [1.165, 1.54) is 4.90 Å². The van der Waals surface area contributed by atoms with Gasteiger partial charge in [0.15, 0.2) is 0 Å². The van der Waals surface area contributed by atoms with E-state index in [0.29, 0.717) is 25.2 Å². The van der Waals surface area contributed by atoms with Crippen molar-refractivity contribution < 1.29 is 35.9 Å². The molecule has 2 aromatic rings. The molecule has 12 heteroatoms. The van der Waals surface area contributed by atoms with E-state index in [4.69, 9.17) is 4.74 Å². The molecule has 0 saturated carbocycles. The van der Waals surface area contributed by atoms with Crippen LogP contribution in [0.1, 0.15) is 16.7 Å². The molecule has 2 saturated heterocycles. The summed E-state index contributed by atoms with van der Waals surface area (Å²) in [6, 6.07) is 8.23. The second kappa shape index (κ2) is 10.2. The van der Waals surface area contributed by atoms with Crippen molar-refractivity contribution in [3.63, 3.8) is 0 Å². The number of urea groups is 1. The average Bonchev–Trinajstić information content (AvgIpc) is 2.78. The number of benzene rings is 2. The Hall–Kier alpha value is -2.99. The molecule has 0 aliphatic carbocycles. The number of alkyl halides is 6. The molecule has 2 fully saturated rings. The second-order valence-electron chi connectivity index (χ2n) is 8.91. The molecule has 6 nitrogen and oxygen atoms in total. The molecule has 0 bridgehead atoms. The summed E-state index contributed by atoms with van der Waals surface area (Å²) in [6.45, 7) is 4.69.